The van der Waals surface area contributed by atoms with Crippen LogP contribution in [-0.2, 0) is 6.54 Å². The molecule has 5 heteroatoms. The molecule has 0 aromatic carbocycles. The molecule has 0 amide bonds. The molecule has 1 atom stereocenters. The Bertz CT molecular complexity index is 544. The number of nitrogens with one attached hydrogen (secondary N) is 1. The molecule has 0 fully saturated rings. The third-order valence-corrected chi connectivity index (χ3v) is 2.79. The second-order valence-corrected chi connectivity index (χ2v) is 4.10. The van der Waals surface area contributed by atoms with Crippen LogP contribution >= 0.6 is 0 Å². The van der Waals surface area contributed by atoms with Gasteiger partial charge in [-0.1, -0.05) is 6.92 Å². The van der Waals surface area contributed by atoms with Crippen molar-refractivity contribution in [3.05, 3.63) is 53.9 Å². The summed E-state index contributed by atoms with van der Waals surface area (Å²) >= 11 is 0. The average molecular weight is 253 g/mol. The van der Waals surface area contributed by atoms with Crippen molar-refractivity contribution in [2.24, 2.45) is 0 Å². The zero-order chi connectivity index (χ0) is 13.5. The summed E-state index contributed by atoms with van der Waals surface area (Å²) in [6, 6.07) is 7.59. The van der Waals surface area contributed by atoms with Crippen molar-refractivity contribution >= 4 is 0 Å². The molecule has 0 saturated carbocycles. The maximum atomic E-state index is 8.71. The smallest absolute Gasteiger partial charge is 0.145 e. The minimum atomic E-state index is 0.110. The van der Waals surface area contributed by atoms with Gasteiger partial charge in [-0.3, -0.25) is 4.98 Å². The van der Waals surface area contributed by atoms with E-state index < -0.39 is 0 Å². The van der Waals surface area contributed by atoms with E-state index in [4.69, 9.17) is 5.26 Å². The molecule has 0 saturated heterocycles. The number of hydrogen-bond donors (Lipinski definition) is 1. The van der Waals surface area contributed by atoms with Gasteiger partial charge in [0.05, 0.1) is 17.3 Å². The van der Waals surface area contributed by atoms with Crippen LogP contribution in [0.2, 0.25) is 0 Å². The van der Waals surface area contributed by atoms with E-state index in [-0.39, 0.29) is 6.04 Å². The number of nitrogens with zero attached hydrogens (tertiary/aromatic N) is 4. The lowest BCUT2D eigenvalue weighted by atomic mass is 10.2. The van der Waals surface area contributed by atoms with Crippen LogP contribution < -0.4 is 5.32 Å². The Kier molecular flexibility index (Phi) is 4.54. The van der Waals surface area contributed by atoms with Crippen LogP contribution in [0, 0.1) is 11.3 Å². The Balaban J connectivity index is 1.98. The third-order valence-electron chi connectivity index (χ3n) is 2.79. The first-order valence-electron chi connectivity index (χ1n) is 6.18. The summed E-state index contributed by atoms with van der Waals surface area (Å²) < 4.78 is 0. The molecular formula is C14H15N5. The van der Waals surface area contributed by atoms with E-state index in [9.17, 15) is 0 Å². The number of aromatic nitrogens is 3. The summed E-state index contributed by atoms with van der Waals surface area (Å²) in [6.45, 7) is 2.71. The molecule has 0 unspecified atom stereocenters. The fraction of sp³-hybridized carbons (Fsp3) is 0.286. The normalized spacial score (nSPS) is 11.8. The van der Waals surface area contributed by atoms with Crippen molar-refractivity contribution in [2.75, 3.05) is 0 Å². The molecule has 2 rings (SSSR count). The topological polar surface area (TPSA) is 74.5 Å². The summed E-state index contributed by atoms with van der Waals surface area (Å²) in [7, 11) is 0. The summed E-state index contributed by atoms with van der Waals surface area (Å²) in [5, 5.41) is 12.1. The Morgan fingerprint density at radius 1 is 1.26 bits per heavy atom. The van der Waals surface area contributed by atoms with Gasteiger partial charge in [0.1, 0.15) is 11.9 Å². The van der Waals surface area contributed by atoms with Gasteiger partial charge < -0.3 is 5.32 Å². The molecular weight excluding hydrogens is 238 g/mol. The molecule has 0 aliphatic rings. The standard InChI is InChI=1S/C14H15N5/c1-2-13(14-16-6-3-7-17-14)19-10-12-5-4-11(8-15)9-18-12/h3-7,9,13,19H,2,10H2,1H3/t13-/m1/s1. The number of hydrogen-bond acceptors (Lipinski definition) is 5. The van der Waals surface area contributed by atoms with Crippen molar-refractivity contribution in [3.8, 4) is 6.07 Å². The first-order valence-corrected chi connectivity index (χ1v) is 6.18. The lowest BCUT2D eigenvalue weighted by Crippen LogP contribution is -2.22. The molecule has 2 aromatic heterocycles. The molecule has 2 heterocycles. The van der Waals surface area contributed by atoms with Gasteiger partial charge in [0.15, 0.2) is 0 Å². The van der Waals surface area contributed by atoms with Gasteiger partial charge in [0.2, 0.25) is 0 Å². The van der Waals surface area contributed by atoms with Crippen molar-refractivity contribution in [3.63, 3.8) is 0 Å². The zero-order valence-electron chi connectivity index (χ0n) is 10.7. The Morgan fingerprint density at radius 2 is 2.05 bits per heavy atom. The van der Waals surface area contributed by atoms with Gasteiger partial charge in [0, 0.05) is 25.1 Å². The highest BCUT2D eigenvalue weighted by Gasteiger charge is 2.11. The first kappa shape index (κ1) is 13.1. The fourth-order valence-electron chi connectivity index (χ4n) is 1.73. The predicted octanol–water partition coefficient (Wildman–Crippen LogP) is 1.98. The van der Waals surface area contributed by atoms with Gasteiger partial charge in [0.25, 0.3) is 0 Å². The van der Waals surface area contributed by atoms with Crippen LogP contribution in [0.3, 0.4) is 0 Å². The molecule has 5 nitrogen and oxygen atoms in total. The van der Waals surface area contributed by atoms with Crippen LogP contribution in [0.4, 0.5) is 0 Å². The second kappa shape index (κ2) is 6.57. The lowest BCUT2D eigenvalue weighted by Gasteiger charge is -2.14. The molecule has 0 aliphatic heterocycles. The minimum absolute atomic E-state index is 0.110. The molecule has 96 valence electrons. The highest BCUT2D eigenvalue weighted by atomic mass is 15.0. The molecule has 0 bridgehead atoms. The summed E-state index contributed by atoms with van der Waals surface area (Å²) in [6.07, 6.45) is 5.97. The van der Waals surface area contributed by atoms with E-state index in [1.165, 1.54) is 0 Å². The second-order valence-electron chi connectivity index (χ2n) is 4.10. The molecule has 0 aliphatic carbocycles. The van der Waals surface area contributed by atoms with Crippen LogP contribution in [0.15, 0.2) is 36.8 Å². The predicted molar refractivity (Wildman–Crippen MR) is 70.9 cm³/mol. The zero-order valence-corrected chi connectivity index (χ0v) is 10.7. The summed E-state index contributed by atoms with van der Waals surface area (Å²) in [5.41, 5.74) is 1.47. The van der Waals surface area contributed by atoms with E-state index in [1.54, 1.807) is 30.7 Å². The first-order chi connectivity index (χ1) is 9.33. The van der Waals surface area contributed by atoms with Crippen LogP contribution in [0.5, 0.6) is 0 Å². The van der Waals surface area contributed by atoms with Gasteiger partial charge in [-0.15, -0.1) is 0 Å². The fourth-order valence-corrected chi connectivity index (χ4v) is 1.73. The van der Waals surface area contributed by atoms with Crippen molar-refractivity contribution < 1.29 is 0 Å². The Morgan fingerprint density at radius 3 is 2.63 bits per heavy atom. The molecule has 19 heavy (non-hydrogen) atoms. The summed E-state index contributed by atoms with van der Waals surface area (Å²) in [5.74, 6) is 0.790. The quantitative estimate of drug-likeness (QED) is 0.882. The van der Waals surface area contributed by atoms with E-state index in [0.717, 1.165) is 17.9 Å². The monoisotopic (exact) mass is 253 g/mol. The van der Waals surface area contributed by atoms with E-state index >= 15 is 0 Å². The van der Waals surface area contributed by atoms with Crippen molar-refractivity contribution in [2.45, 2.75) is 25.9 Å². The summed E-state index contributed by atoms with van der Waals surface area (Å²) in [4.78, 5) is 12.7. The van der Waals surface area contributed by atoms with Crippen LogP contribution in [0.1, 0.15) is 36.5 Å². The third kappa shape index (κ3) is 3.57. The van der Waals surface area contributed by atoms with Gasteiger partial charge in [-0.2, -0.15) is 5.26 Å². The van der Waals surface area contributed by atoms with E-state index in [2.05, 4.69) is 33.3 Å². The van der Waals surface area contributed by atoms with Gasteiger partial charge in [-0.05, 0) is 24.6 Å². The maximum Gasteiger partial charge on any atom is 0.145 e. The molecule has 1 N–H and O–H groups in total. The van der Waals surface area contributed by atoms with Crippen LogP contribution in [0.25, 0.3) is 0 Å². The highest BCUT2D eigenvalue weighted by molar-refractivity contribution is 5.26. The minimum Gasteiger partial charge on any atom is -0.302 e. The molecule has 0 radical (unpaired) electrons. The van der Waals surface area contributed by atoms with Crippen LogP contribution in [-0.4, -0.2) is 15.0 Å². The molecule has 2 aromatic rings. The highest BCUT2D eigenvalue weighted by Crippen LogP contribution is 2.11. The molecule has 0 spiro atoms. The Labute approximate surface area is 112 Å². The number of rotatable bonds is 5. The van der Waals surface area contributed by atoms with Gasteiger partial charge in [-0.25, -0.2) is 9.97 Å². The van der Waals surface area contributed by atoms with Gasteiger partial charge >= 0.3 is 0 Å². The van der Waals surface area contributed by atoms with E-state index in [0.29, 0.717) is 12.1 Å². The lowest BCUT2D eigenvalue weighted by molar-refractivity contribution is 0.490. The van der Waals surface area contributed by atoms with Crippen molar-refractivity contribution in [1.82, 2.24) is 20.3 Å². The SMILES string of the molecule is CC[C@@H](NCc1ccc(C#N)cn1)c1ncccn1. The number of nitriles is 1. The Hall–Kier alpha value is -2.32. The number of pyridine rings is 1. The average Bonchev–Trinajstić information content (AvgIpc) is 2.49. The maximum absolute atomic E-state index is 8.71. The van der Waals surface area contributed by atoms with Crippen molar-refractivity contribution in [1.29, 1.82) is 5.26 Å². The van der Waals surface area contributed by atoms with E-state index in [1.807, 2.05) is 6.07 Å². The largest absolute Gasteiger partial charge is 0.302 e.